The van der Waals surface area contributed by atoms with Gasteiger partial charge in [0.1, 0.15) is 0 Å². The standard InChI is InChI=1S/C23H16N6O2S2/c1-14-7-2-4-9-16(14)28-21(30)15-8-3-5-10-17(15)29-22(28)25-26-23(29)33-13-19-24-20(27-31-19)18-11-6-12-32-18/h2-12H,13H2,1H3. The summed E-state index contributed by atoms with van der Waals surface area (Å²) in [5.74, 6) is 1.96. The molecule has 8 nitrogen and oxygen atoms in total. The van der Waals surface area contributed by atoms with E-state index in [0.29, 0.717) is 33.8 Å². The van der Waals surface area contributed by atoms with Crippen LogP contribution in [-0.2, 0) is 5.75 Å². The van der Waals surface area contributed by atoms with Gasteiger partial charge in [-0.25, -0.2) is 4.57 Å². The Balaban J connectivity index is 1.46. The molecule has 0 aliphatic heterocycles. The molecule has 2 aromatic carbocycles. The largest absolute Gasteiger partial charge is 0.338 e. The lowest BCUT2D eigenvalue weighted by Gasteiger charge is -2.13. The number of hydrogen-bond acceptors (Lipinski definition) is 8. The monoisotopic (exact) mass is 472 g/mol. The van der Waals surface area contributed by atoms with Gasteiger partial charge >= 0.3 is 0 Å². The van der Waals surface area contributed by atoms with Crippen molar-refractivity contribution in [2.45, 2.75) is 17.8 Å². The molecule has 0 spiro atoms. The lowest BCUT2D eigenvalue weighted by Crippen LogP contribution is -2.22. The summed E-state index contributed by atoms with van der Waals surface area (Å²) in [6.45, 7) is 1.97. The number of thiophene rings is 1. The number of thioether (sulfide) groups is 1. The SMILES string of the molecule is Cc1ccccc1-n1c(=O)c2ccccc2n2c(SCc3nc(-c4cccs4)no3)nnc12. The topological polar surface area (TPSA) is 91.1 Å². The average molecular weight is 473 g/mol. The minimum atomic E-state index is -0.131. The van der Waals surface area contributed by atoms with E-state index in [1.807, 2.05) is 77.4 Å². The fourth-order valence-electron chi connectivity index (χ4n) is 3.75. The Kier molecular flexibility index (Phi) is 4.81. The number of nitrogens with zero attached hydrogens (tertiary/aromatic N) is 6. The van der Waals surface area contributed by atoms with Crippen LogP contribution in [-0.4, -0.2) is 29.3 Å². The van der Waals surface area contributed by atoms with E-state index in [-0.39, 0.29) is 5.56 Å². The summed E-state index contributed by atoms with van der Waals surface area (Å²) in [7, 11) is 0. The first-order valence-electron chi connectivity index (χ1n) is 10.1. The lowest BCUT2D eigenvalue weighted by atomic mass is 10.2. The van der Waals surface area contributed by atoms with Gasteiger partial charge in [-0.1, -0.05) is 53.3 Å². The van der Waals surface area contributed by atoms with Crippen LogP contribution in [0.15, 0.2) is 80.5 Å². The molecule has 0 N–H and O–H groups in total. The van der Waals surface area contributed by atoms with Crippen molar-refractivity contribution < 1.29 is 4.52 Å². The van der Waals surface area contributed by atoms with Gasteiger partial charge in [0.15, 0.2) is 5.16 Å². The van der Waals surface area contributed by atoms with Gasteiger partial charge in [0.25, 0.3) is 5.56 Å². The molecule has 10 heteroatoms. The van der Waals surface area contributed by atoms with Gasteiger partial charge in [0, 0.05) is 0 Å². The van der Waals surface area contributed by atoms with Crippen LogP contribution in [0.2, 0.25) is 0 Å². The highest BCUT2D eigenvalue weighted by atomic mass is 32.2. The first-order valence-corrected chi connectivity index (χ1v) is 12.0. The summed E-state index contributed by atoms with van der Waals surface area (Å²) in [6.07, 6.45) is 0. The second-order valence-electron chi connectivity index (χ2n) is 7.34. The van der Waals surface area contributed by atoms with E-state index in [4.69, 9.17) is 4.52 Å². The maximum Gasteiger partial charge on any atom is 0.267 e. The minimum Gasteiger partial charge on any atom is -0.338 e. The van der Waals surface area contributed by atoms with E-state index in [1.54, 1.807) is 15.9 Å². The van der Waals surface area contributed by atoms with E-state index in [0.717, 1.165) is 21.6 Å². The average Bonchev–Trinajstić information content (AvgIpc) is 3.60. The third-order valence-corrected chi connectivity index (χ3v) is 7.06. The predicted molar refractivity (Wildman–Crippen MR) is 128 cm³/mol. The normalized spacial score (nSPS) is 11.5. The fraction of sp³-hybridized carbons (Fsp3) is 0.0870. The zero-order chi connectivity index (χ0) is 22.4. The van der Waals surface area contributed by atoms with Crippen LogP contribution < -0.4 is 5.56 Å². The summed E-state index contributed by atoms with van der Waals surface area (Å²) in [4.78, 5) is 18.9. The Bertz CT molecular complexity index is 1670. The minimum absolute atomic E-state index is 0.131. The van der Waals surface area contributed by atoms with E-state index in [2.05, 4.69) is 20.3 Å². The van der Waals surface area contributed by atoms with Crippen LogP contribution in [0.1, 0.15) is 11.5 Å². The number of aromatic nitrogens is 6. The number of hydrogen-bond donors (Lipinski definition) is 0. The Labute approximate surface area is 195 Å². The molecule has 0 bridgehead atoms. The molecule has 0 atom stereocenters. The number of aryl methyl sites for hydroxylation is 1. The molecule has 0 saturated heterocycles. The molecule has 0 fully saturated rings. The second kappa shape index (κ2) is 7.98. The zero-order valence-corrected chi connectivity index (χ0v) is 19.0. The Hall–Kier alpha value is -3.76. The molecular formula is C23H16N6O2S2. The maximum atomic E-state index is 13.4. The molecule has 0 unspecified atom stereocenters. The molecular weight excluding hydrogens is 456 g/mol. The molecule has 4 heterocycles. The molecule has 6 rings (SSSR count). The van der Waals surface area contributed by atoms with Gasteiger partial charge in [-0.05, 0) is 42.1 Å². The summed E-state index contributed by atoms with van der Waals surface area (Å²) in [5, 5.41) is 16.1. The molecule has 4 aromatic heterocycles. The fourth-order valence-corrected chi connectivity index (χ4v) is 5.18. The van der Waals surface area contributed by atoms with Gasteiger partial charge in [-0.3, -0.25) is 9.20 Å². The molecule has 33 heavy (non-hydrogen) atoms. The number of rotatable bonds is 5. The molecule has 162 valence electrons. The first-order chi connectivity index (χ1) is 16.2. The van der Waals surface area contributed by atoms with Crippen molar-refractivity contribution in [1.82, 2.24) is 29.3 Å². The highest BCUT2D eigenvalue weighted by Crippen LogP contribution is 2.27. The van der Waals surface area contributed by atoms with Crippen molar-refractivity contribution in [3.05, 3.63) is 87.9 Å². The smallest absolute Gasteiger partial charge is 0.267 e. The van der Waals surface area contributed by atoms with Crippen molar-refractivity contribution in [2.75, 3.05) is 0 Å². The Morgan fingerprint density at radius 2 is 1.88 bits per heavy atom. The quantitative estimate of drug-likeness (QED) is 0.335. The first kappa shape index (κ1) is 19.9. The van der Waals surface area contributed by atoms with Crippen LogP contribution in [0.25, 0.3) is 33.1 Å². The van der Waals surface area contributed by atoms with Crippen LogP contribution in [0.4, 0.5) is 0 Å². The van der Waals surface area contributed by atoms with Crippen molar-refractivity contribution in [3.8, 4) is 16.4 Å². The highest BCUT2D eigenvalue weighted by Gasteiger charge is 2.19. The lowest BCUT2D eigenvalue weighted by molar-refractivity contribution is 0.391. The Morgan fingerprint density at radius 3 is 2.73 bits per heavy atom. The summed E-state index contributed by atoms with van der Waals surface area (Å²) in [5.41, 5.74) is 2.37. The van der Waals surface area contributed by atoms with Gasteiger partial charge in [0.05, 0.1) is 27.2 Å². The Morgan fingerprint density at radius 1 is 1.03 bits per heavy atom. The van der Waals surface area contributed by atoms with E-state index in [1.165, 1.54) is 11.8 Å². The van der Waals surface area contributed by atoms with Crippen LogP contribution >= 0.6 is 23.1 Å². The van der Waals surface area contributed by atoms with Crippen molar-refractivity contribution in [3.63, 3.8) is 0 Å². The van der Waals surface area contributed by atoms with Crippen LogP contribution in [0.3, 0.4) is 0 Å². The van der Waals surface area contributed by atoms with Gasteiger partial charge in [0.2, 0.25) is 17.5 Å². The third kappa shape index (κ3) is 3.35. The van der Waals surface area contributed by atoms with Gasteiger partial charge in [-0.15, -0.1) is 21.5 Å². The number of fused-ring (bicyclic) bond motifs is 3. The molecule has 0 amide bonds. The van der Waals surface area contributed by atoms with Gasteiger partial charge in [-0.2, -0.15) is 4.98 Å². The predicted octanol–water partition coefficient (Wildman–Crippen LogP) is 4.75. The van der Waals surface area contributed by atoms with E-state index >= 15 is 0 Å². The highest BCUT2D eigenvalue weighted by molar-refractivity contribution is 7.98. The third-order valence-electron chi connectivity index (χ3n) is 5.29. The maximum absolute atomic E-state index is 13.4. The zero-order valence-electron chi connectivity index (χ0n) is 17.4. The van der Waals surface area contributed by atoms with Crippen LogP contribution in [0.5, 0.6) is 0 Å². The van der Waals surface area contributed by atoms with Crippen molar-refractivity contribution in [2.24, 2.45) is 0 Å². The van der Waals surface area contributed by atoms with E-state index < -0.39 is 0 Å². The van der Waals surface area contributed by atoms with Crippen LogP contribution in [0, 0.1) is 6.92 Å². The molecule has 0 saturated carbocycles. The van der Waals surface area contributed by atoms with Gasteiger partial charge < -0.3 is 4.52 Å². The number of para-hydroxylation sites is 2. The molecule has 6 aromatic rings. The second-order valence-corrected chi connectivity index (χ2v) is 9.23. The number of benzene rings is 2. The van der Waals surface area contributed by atoms with Crippen molar-refractivity contribution in [1.29, 1.82) is 0 Å². The van der Waals surface area contributed by atoms with E-state index in [9.17, 15) is 4.79 Å². The molecule has 0 aliphatic rings. The summed E-state index contributed by atoms with van der Waals surface area (Å²) in [6, 6.07) is 19.1. The molecule has 0 aliphatic carbocycles. The molecule has 0 radical (unpaired) electrons. The summed E-state index contributed by atoms with van der Waals surface area (Å²) >= 11 is 2.99. The summed E-state index contributed by atoms with van der Waals surface area (Å²) < 4.78 is 8.95. The van der Waals surface area contributed by atoms with Crippen molar-refractivity contribution >= 4 is 39.8 Å².